The third-order valence-corrected chi connectivity index (χ3v) is 4.51. The molecule has 0 aliphatic rings. The van der Waals surface area contributed by atoms with E-state index >= 15 is 0 Å². The van der Waals surface area contributed by atoms with Crippen molar-refractivity contribution in [3.8, 4) is 11.5 Å². The Morgan fingerprint density at radius 2 is 1.20 bits per heavy atom. The Kier molecular flexibility index (Phi) is 8.12. The highest BCUT2D eigenvalue weighted by Crippen LogP contribution is 2.32. The third-order valence-electron chi connectivity index (χ3n) is 4.51. The predicted molar refractivity (Wildman–Crippen MR) is 121 cm³/mol. The largest absolute Gasteiger partial charge is 0.423 e. The van der Waals surface area contributed by atoms with Gasteiger partial charge in [0.1, 0.15) is 11.5 Å². The number of rotatable bonds is 8. The first-order valence-electron chi connectivity index (χ1n) is 9.65. The summed E-state index contributed by atoms with van der Waals surface area (Å²) in [5, 5.41) is 0. The Morgan fingerprint density at radius 3 is 1.53 bits per heavy atom. The third kappa shape index (κ3) is 5.67. The molecule has 0 unspecified atom stereocenters. The molecule has 2 rings (SSSR count). The van der Waals surface area contributed by atoms with E-state index in [0.29, 0.717) is 11.5 Å². The van der Waals surface area contributed by atoms with Gasteiger partial charge in [-0.25, -0.2) is 9.59 Å². The van der Waals surface area contributed by atoms with Crippen molar-refractivity contribution in [3.05, 3.63) is 96.1 Å². The van der Waals surface area contributed by atoms with Crippen molar-refractivity contribution in [2.24, 2.45) is 0 Å². The van der Waals surface area contributed by atoms with Crippen molar-refractivity contribution in [1.29, 1.82) is 0 Å². The minimum absolute atomic E-state index is 0.0614. The number of benzene rings is 2. The lowest BCUT2D eigenvalue weighted by Gasteiger charge is -2.17. The molecule has 0 aliphatic heterocycles. The molecule has 2 aromatic carbocycles. The van der Waals surface area contributed by atoms with Crippen LogP contribution in [0.4, 0.5) is 0 Å². The number of esters is 2. The van der Waals surface area contributed by atoms with Gasteiger partial charge in [0, 0.05) is 29.2 Å². The van der Waals surface area contributed by atoms with Crippen molar-refractivity contribution < 1.29 is 19.1 Å². The van der Waals surface area contributed by atoms with Crippen molar-refractivity contribution >= 4 is 24.1 Å². The Labute approximate surface area is 177 Å². The van der Waals surface area contributed by atoms with E-state index in [4.69, 9.17) is 9.47 Å². The maximum Gasteiger partial charge on any atom is 0.335 e. The number of allylic oxidation sites excluding steroid dienone is 2. The molecule has 30 heavy (non-hydrogen) atoms. The molecule has 0 bridgehead atoms. The van der Waals surface area contributed by atoms with Crippen LogP contribution in [-0.4, -0.2) is 11.9 Å². The summed E-state index contributed by atoms with van der Waals surface area (Å²) < 4.78 is 10.7. The van der Waals surface area contributed by atoms with Crippen LogP contribution in [0.25, 0.3) is 12.2 Å². The van der Waals surface area contributed by atoms with E-state index in [2.05, 4.69) is 20.1 Å². The maximum absolute atomic E-state index is 11.6. The van der Waals surface area contributed by atoms with E-state index in [0.717, 1.165) is 34.4 Å². The second-order valence-electron chi connectivity index (χ2n) is 6.57. The second kappa shape index (κ2) is 10.8. The lowest BCUT2D eigenvalue weighted by Crippen LogP contribution is -2.06. The smallest absolute Gasteiger partial charge is 0.335 e. The van der Waals surface area contributed by atoms with Gasteiger partial charge in [0.15, 0.2) is 0 Å². The van der Waals surface area contributed by atoms with Crippen LogP contribution < -0.4 is 9.47 Å². The molecule has 0 spiro atoms. The molecule has 0 heterocycles. The molecule has 0 aliphatic carbocycles. The first kappa shape index (κ1) is 22.6. The first-order chi connectivity index (χ1) is 14.4. The average Bonchev–Trinajstić information content (AvgIpc) is 2.75. The predicted octanol–water partition coefficient (Wildman–Crippen LogP) is 6.09. The standard InChI is InChI=1S/C26H26O4/c1-6-10-21-16-19(12-14-23(21)29-25(27)8-3)18(5)20-13-15-24(30-26(28)9-4)22(17-20)11-7-2/h6-18H,3-4H2,1-2,5H3. The van der Waals surface area contributed by atoms with Gasteiger partial charge in [-0.05, 0) is 49.2 Å². The van der Waals surface area contributed by atoms with Gasteiger partial charge in [-0.2, -0.15) is 0 Å². The minimum Gasteiger partial charge on any atom is -0.423 e. The van der Waals surface area contributed by atoms with Gasteiger partial charge in [-0.3, -0.25) is 0 Å². The highest BCUT2D eigenvalue weighted by atomic mass is 16.5. The Morgan fingerprint density at radius 1 is 0.800 bits per heavy atom. The lowest BCUT2D eigenvalue weighted by atomic mass is 9.90. The zero-order chi connectivity index (χ0) is 22.1. The van der Waals surface area contributed by atoms with Gasteiger partial charge in [0.05, 0.1) is 0 Å². The molecule has 0 amide bonds. The van der Waals surface area contributed by atoms with Crippen LogP contribution in [-0.2, 0) is 9.59 Å². The summed E-state index contributed by atoms with van der Waals surface area (Å²) in [4.78, 5) is 23.2. The minimum atomic E-state index is -0.498. The van der Waals surface area contributed by atoms with Gasteiger partial charge in [0.25, 0.3) is 0 Å². The van der Waals surface area contributed by atoms with Crippen LogP contribution in [0, 0.1) is 0 Å². The Balaban J connectivity index is 2.42. The first-order valence-corrected chi connectivity index (χ1v) is 9.65. The molecule has 4 heteroatoms. The van der Waals surface area contributed by atoms with E-state index in [1.54, 1.807) is 12.1 Å². The highest BCUT2D eigenvalue weighted by Gasteiger charge is 2.15. The van der Waals surface area contributed by atoms with Crippen molar-refractivity contribution in [1.82, 2.24) is 0 Å². The molecule has 0 fully saturated rings. The topological polar surface area (TPSA) is 52.6 Å². The van der Waals surface area contributed by atoms with Crippen molar-refractivity contribution in [2.75, 3.05) is 0 Å². The molecule has 4 nitrogen and oxygen atoms in total. The van der Waals surface area contributed by atoms with Crippen molar-refractivity contribution in [3.63, 3.8) is 0 Å². The molecule has 0 radical (unpaired) electrons. The molecule has 154 valence electrons. The molecule has 0 saturated heterocycles. The zero-order valence-corrected chi connectivity index (χ0v) is 17.6. The van der Waals surface area contributed by atoms with E-state index in [9.17, 15) is 9.59 Å². The number of carbonyl (C=O) groups excluding carboxylic acids is 2. The summed E-state index contributed by atoms with van der Waals surface area (Å²) in [5.41, 5.74) is 3.73. The van der Waals surface area contributed by atoms with E-state index < -0.39 is 11.9 Å². The fraction of sp³-hybridized carbons (Fsp3) is 0.154. The zero-order valence-electron chi connectivity index (χ0n) is 17.6. The normalized spacial score (nSPS) is 12.0. The summed E-state index contributed by atoms with van der Waals surface area (Å²) in [6, 6.07) is 11.4. The summed E-state index contributed by atoms with van der Waals surface area (Å²) >= 11 is 0. The SMILES string of the molecule is C=CC(=O)Oc1ccc(C(C)c2ccc(OC(=O)C=C)c(C=CC)c2)cc1C=CC. The van der Waals surface area contributed by atoms with Crippen LogP contribution >= 0.6 is 0 Å². The van der Waals surface area contributed by atoms with Gasteiger partial charge < -0.3 is 9.47 Å². The molecule has 0 atom stereocenters. The summed E-state index contributed by atoms with van der Waals surface area (Å²) in [6.07, 6.45) is 9.85. The van der Waals surface area contributed by atoms with Crippen LogP contribution in [0.3, 0.4) is 0 Å². The van der Waals surface area contributed by atoms with Gasteiger partial charge in [0.2, 0.25) is 0 Å². The number of ether oxygens (including phenoxy) is 2. The van der Waals surface area contributed by atoms with Gasteiger partial charge in [-0.1, -0.05) is 56.5 Å². The second-order valence-corrected chi connectivity index (χ2v) is 6.57. The fourth-order valence-corrected chi connectivity index (χ4v) is 2.97. The van der Waals surface area contributed by atoms with E-state index in [1.807, 2.05) is 62.4 Å². The van der Waals surface area contributed by atoms with Crippen LogP contribution in [0.15, 0.2) is 73.9 Å². The highest BCUT2D eigenvalue weighted by molar-refractivity contribution is 5.84. The Hall–Kier alpha value is -3.66. The fourth-order valence-electron chi connectivity index (χ4n) is 2.97. The molecular formula is C26H26O4. The lowest BCUT2D eigenvalue weighted by molar-refractivity contribution is -0.129. The molecular weight excluding hydrogens is 376 g/mol. The maximum atomic E-state index is 11.6. The van der Waals surface area contributed by atoms with Crippen LogP contribution in [0.5, 0.6) is 11.5 Å². The summed E-state index contributed by atoms with van der Waals surface area (Å²) in [6.45, 7) is 12.8. The van der Waals surface area contributed by atoms with E-state index in [-0.39, 0.29) is 5.92 Å². The summed E-state index contributed by atoms with van der Waals surface area (Å²) in [5.74, 6) is 0.0289. The molecule has 0 N–H and O–H groups in total. The van der Waals surface area contributed by atoms with Gasteiger partial charge in [-0.15, -0.1) is 0 Å². The quantitative estimate of drug-likeness (QED) is 0.305. The van der Waals surface area contributed by atoms with Crippen LogP contribution in [0.1, 0.15) is 48.9 Å². The number of carbonyl (C=O) groups is 2. The number of hydrogen-bond donors (Lipinski definition) is 0. The van der Waals surface area contributed by atoms with E-state index in [1.165, 1.54) is 0 Å². The molecule has 0 saturated carbocycles. The van der Waals surface area contributed by atoms with Crippen LogP contribution in [0.2, 0.25) is 0 Å². The van der Waals surface area contributed by atoms with Gasteiger partial charge >= 0.3 is 11.9 Å². The average molecular weight is 402 g/mol. The summed E-state index contributed by atoms with van der Waals surface area (Å²) in [7, 11) is 0. The number of hydrogen-bond acceptors (Lipinski definition) is 4. The monoisotopic (exact) mass is 402 g/mol. The van der Waals surface area contributed by atoms with Crippen molar-refractivity contribution in [2.45, 2.75) is 26.7 Å². The molecule has 2 aromatic rings. The molecule has 0 aromatic heterocycles. The Bertz CT molecular complexity index is 930.